The first kappa shape index (κ1) is 14.7. The van der Waals surface area contributed by atoms with Crippen molar-refractivity contribution in [1.82, 2.24) is 14.5 Å². The van der Waals surface area contributed by atoms with Crippen molar-refractivity contribution in [2.24, 2.45) is 7.05 Å². The second-order valence-electron chi connectivity index (χ2n) is 4.48. The Bertz CT molecular complexity index is 653. The van der Waals surface area contributed by atoms with Crippen molar-refractivity contribution in [3.05, 3.63) is 48.2 Å². The van der Waals surface area contributed by atoms with Gasteiger partial charge in [0.05, 0.1) is 12.8 Å². The van der Waals surface area contributed by atoms with E-state index in [1.807, 2.05) is 30.3 Å². The number of benzene rings is 1. The number of sulfonamides is 1. The maximum atomic E-state index is 12.2. The lowest BCUT2D eigenvalue weighted by Gasteiger charge is -2.16. The molecular formula is C13H17N3O3S. The van der Waals surface area contributed by atoms with Crippen LogP contribution in [0.2, 0.25) is 0 Å². The second-order valence-corrected chi connectivity index (χ2v) is 6.14. The minimum Gasteiger partial charge on any atom is -0.395 e. The molecule has 0 aliphatic rings. The highest BCUT2D eigenvalue weighted by molar-refractivity contribution is 7.89. The maximum absolute atomic E-state index is 12.2. The predicted molar refractivity (Wildman–Crippen MR) is 74.5 cm³/mol. The molecule has 0 spiro atoms. The molecule has 1 heterocycles. The Balaban J connectivity index is 2.12. The molecule has 6 nitrogen and oxygen atoms in total. The van der Waals surface area contributed by atoms with Crippen molar-refractivity contribution < 1.29 is 13.5 Å². The van der Waals surface area contributed by atoms with Gasteiger partial charge >= 0.3 is 0 Å². The predicted octanol–water partition coefficient (Wildman–Crippen LogP) is 0.302. The topological polar surface area (TPSA) is 84.2 Å². The normalized spacial score (nSPS) is 13.3. The van der Waals surface area contributed by atoms with E-state index in [-0.39, 0.29) is 11.6 Å². The zero-order valence-electron chi connectivity index (χ0n) is 11.1. The second kappa shape index (κ2) is 6.17. The summed E-state index contributed by atoms with van der Waals surface area (Å²) in [7, 11) is -2.13. The molecule has 2 rings (SSSR count). The lowest BCUT2D eigenvalue weighted by atomic mass is 10.1. The molecule has 0 saturated heterocycles. The standard InChI is InChI=1S/C13H17N3O3S/c1-16-13(7-8-14-16)20(18,19)15-12(10-17)9-11-5-3-2-4-6-11/h2-8,12,15,17H,9-10H2,1H3/t12-/m0/s1. The highest BCUT2D eigenvalue weighted by Gasteiger charge is 2.22. The Labute approximate surface area is 118 Å². The molecule has 0 fully saturated rings. The fourth-order valence-corrected chi connectivity index (χ4v) is 3.30. The summed E-state index contributed by atoms with van der Waals surface area (Å²) in [6.07, 6.45) is 1.84. The molecule has 0 unspecified atom stereocenters. The Morgan fingerprint density at radius 2 is 2.00 bits per heavy atom. The van der Waals surface area contributed by atoms with E-state index in [1.54, 1.807) is 7.05 Å². The van der Waals surface area contributed by atoms with Gasteiger partial charge in [-0.15, -0.1) is 0 Å². The zero-order valence-corrected chi connectivity index (χ0v) is 11.9. The largest absolute Gasteiger partial charge is 0.395 e. The number of nitrogens with zero attached hydrogens (tertiary/aromatic N) is 2. The molecule has 0 aliphatic carbocycles. The van der Waals surface area contributed by atoms with Crippen molar-refractivity contribution in [3.8, 4) is 0 Å². The summed E-state index contributed by atoms with van der Waals surface area (Å²) in [4.78, 5) is 0. The van der Waals surface area contributed by atoms with E-state index in [1.165, 1.54) is 16.9 Å². The molecule has 2 N–H and O–H groups in total. The van der Waals surface area contributed by atoms with Gasteiger partial charge in [0.25, 0.3) is 10.0 Å². The first-order chi connectivity index (χ1) is 9.53. The molecule has 1 atom stereocenters. The third kappa shape index (κ3) is 3.44. The van der Waals surface area contributed by atoms with E-state index in [0.717, 1.165) is 5.56 Å². The van der Waals surface area contributed by atoms with E-state index >= 15 is 0 Å². The van der Waals surface area contributed by atoms with Crippen molar-refractivity contribution in [2.75, 3.05) is 6.61 Å². The first-order valence-corrected chi connectivity index (χ1v) is 7.66. The summed E-state index contributed by atoms with van der Waals surface area (Å²) < 4.78 is 28.2. The fourth-order valence-electron chi connectivity index (χ4n) is 1.95. The molecule has 0 radical (unpaired) electrons. The summed E-state index contributed by atoms with van der Waals surface area (Å²) in [6.45, 7) is -0.272. The van der Waals surface area contributed by atoms with Gasteiger partial charge in [0.15, 0.2) is 5.03 Å². The molecule has 7 heteroatoms. The van der Waals surface area contributed by atoms with E-state index in [9.17, 15) is 13.5 Å². The third-order valence-electron chi connectivity index (χ3n) is 2.92. The van der Waals surface area contributed by atoms with E-state index < -0.39 is 16.1 Å². The van der Waals surface area contributed by atoms with Crippen molar-refractivity contribution >= 4 is 10.0 Å². The number of rotatable bonds is 6. The van der Waals surface area contributed by atoms with Crippen LogP contribution in [-0.4, -0.2) is 36.0 Å². The maximum Gasteiger partial charge on any atom is 0.258 e. The van der Waals surface area contributed by atoms with Crippen molar-refractivity contribution in [3.63, 3.8) is 0 Å². The Hall–Kier alpha value is -1.70. The molecule has 0 saturated carbocycles. The number of aliphatic hydroxyl groups excluding tert-OH is 1. The van der Waals surface area contributed by atoms with Crippen molar-refractivity contribution in [1.29, 1.82) is 0 Å². The molecule has 0 aliphatic heterocycles. The lowest BCUT2D eigenvalue weighted by molar-refractivity contribution is 0.256. The number of hydrogen-bond acceptors (Lipinski definition) is 4. The zero-order chi connectivity index (χ0) is 14.6. The minimum atomic E-state index is -3.69. The van der Waals surface area contributed by atoms with Gasteiger partial charge in [-0.3, -0.25) is 4.68 Å². The molecular weight excluding hydrogens is 278 g/mol. The van der Waals surface area contributed by atoms with Crippen LogP contribution in [0.4, 0.5) is 0 Å². The van der Waals surface area contributed by atoms with Gasteiger partial charge in [-0.25, -0.2) is 13.1 Å². The SMILES string of the molecule is Cn1nccc1S(=O)(=O)N[C@H](CO)Cc1ccccc1. The molecule has 1 aromatic carbocycles. The van der Waals surface area contributed by atoms with Crippen LogP contribution in [-0.2, 0) is 23.5 Å². The molecule has 20 heavy (non-hydrogen) atoms. The number of aliphatic hydroxyl groups is 1. The average molecular weight is 295 g/mol. The number of aryl methyl sites for hydroxylation is 1. The summed E-state index contributed by atoms with van der Waals surface area (Å²) in [5.41, 5.74) is 0.958. The number of aromatic nitrogens is 2. The van der Waals surface area contributed by atoms with Gasteiger partial charge in [0, 0.05) is 13.1 Å². The first-order valence-electron chi connectivity index (χ1n) is 6.18. The highest BCUT2D eigenvalue weighted by Crippen LogP contribution is 2.09. The van der Waals surface area contributed by atoms with E-state index in [4.69, 9.17) is 0 Å². The smallest absolute Gasteiger partial charge is 0.258 e. The average Bonchev–Trinajstić information content (AvgIpc) is 2.86. The quantitative estimate of drug-likeness (QED) is 0.803. The summed E-state index contributed by atoms with van der Waals surface area (Å²) in [6, 6.07) is 10.3. The molecule has 2 aromatic rings. The van der Waals surface area contributed by atoms with Gasteiger partial charge in [0.2, 0.25) is 0 Å². The monoisotopic (exact) mass is 295 g/mol. The van der Waals surface area contributed by atoms with Crippen LogP contribution in [0.1, 0.15) is 5.56 Å². The van der Waals surface area contributed by atoms with Gasteiger partial charge in [-0.05, 0) is 18.1 Å². The van der Waals surface area contributed by atoms with Gasteiger partial charge in [0.1, 0.15) is 0 Å². The minimum absolute atomic E-state index is 0.0732. The number of hydrogen-bond donors (Lipinski definition) is 2. The van der Waals surface area contributed by atoms with Crippen LogP contribution < -0.4 is 4.72 Å². The molecule has 108 valence electrons. The summed E-state index contributed by atoms with van der Waals surface area (Å²) in [5.74, 6) is 0. The highest BCUT2D eigenvalue weighted by atomic mass is 32.2. The van der Waals surface area contributed by atoms with E-state index in [0.29, 0.717) is 6.42 Å². The van der Waals surface area contributed by atoms with E-state index in [2.05, 4.69) is 9.82 Å². The van der Waals surface area contributed by atoms with Crippen LogP contribution in [0.15, 0.2) is 47.6 Å². The van der Waals surface area contributed by atoms with Crippen LogP contribution in [0.5, 0.6) is 0 Å². The lowest BCUT2D eigenvalue weighted by Crippen LogP contribution is -2.39. The third-order valence-corrected chi connectivity index (χ3v) is 4.51. The summed E-state index contributed by atoms with van der Waals surface area (Å²) in [5, 5.41) is 13.3. The number of nitrogens with one attached hydrogen (secondary N) is 1. The van der Waals surface area contributed by atoms with Crippen LogP contribution >= 0.6 is 0 Å². The van der Waals surface area contributed by atoms with Gasteiger partial charge in [-0.2, -0.15) is 5.10 Å². The summed E-state index contributed by atoms with van der Waals surface area (Å²) >= 11 is 0. The Morgan fingerprint density at radius 3 is 2.55 bits per heavy atom. The van der Waals surface area contributed by atoms with Crippen molar-refractivity contribution in [2.45, 2.75) is 17.5 Å². The van der Waals surface area contributed by atoms with Crippen LogP contribution in [0.3, 0.4) is 0 Å². The van der Waals surface area contributed by atoms with Gasteiger partial charge < -0.3 is 5.11 Å². The molecule has 1 aromatic heterocycles. The molecule has 0 bridgehead atoms. The van der Waals surface area contributed by atoms with Crippen LogP contribution in [0.25, 0.3) is 0 Å². The van der Waals surface area contributed by atoms with Gasteiger partial charge in [-0.1, -0.05) is 30.3 Å². The Morgan fingerprint density at radius 1 is 1.30 bits per heavy atom. The molecule has 0 amide bonds. The van der Waals surface area contributed by atoms with Crippen LogP contribution in [0, 0.1) is 0 Å². The Kier molecular flexibility index (Phi) is 4.53. The fraction of sp³-hybridized carbons (Fsp3) is 0.308.